The van der Waals surface area contributed by atoms with Crippen LogP contribution >= 0.6 is 0 Å². The highest BCUT2D eigenvalue weighted by Crippen LogP contribution is 2.20. The van der Waals surface area contributed by atoms with Gasteiger partial charge in [0, 0.05) is 12.6 Å². The van der Waals surface area contributed by atoms with Gasteiger partial charge in [-0.05, 0) is 6.92 Å². The van der Waals surface area contributed by atoms with Gasteiger partial charge in [0.2, 0.25) is 5.88 Å². The van der Waals surface area contributed by atoms with Gasteiger partial charge in [0.15, 0.2) is 0 Å². The molecule has 1 aromatic carbocycles. The molecule has 0 aliphatic heterocycles. The lowest BCUT2D eigenvalue weighted by atomic mass is 10.1. The van der Waals surface area contributed by atoms with Gasteiger partial charge < -0.3 is 9.67 Å². The molecule has 72 valence electrons. The van der Waals surface area contributed by atoms with Crippen molar-refractivity contribution in [1.29, 1.82) is 0 Å². The van der Waals surface area contributed by atoms with Gasteiger partial charge in [0.25, 0.3) is 0 Å². The number of rotatable bonds is 1. The van der Waals surface area contributed by atoms with Crippen LogP contribution in [0.2, 0.25) is 0 Å². The maximum absolute atomic E-state index is 9.22. The minimum atomic E-state index is 0.0584. The summed E-state index contributed by atoms with van der Waals surface area (Å²) in [5.41, 5.74) is 2.23. The quantitative estimate of drug-likeness (QED) is 0.744. The Balaban J connectivity index is 2.49. The first-order valence-electron chi connectivity index (χ1n) is 4.46. The molecule has 0 aliphatic carbocycles. The van der Waals surface area contributed by atoms with Crippen molar-refractivity contribution >= 4 is 0 Å². The SMILES string of the molecule is Cc1ccc(-c2nc(O)cn2C)cc1. The van der Waals surface area contributed by atoms with E-state index < -0.39 is 0 Å². The summed E-state index contributed by atoms with van der Waals surface area (Å²) < 4.78 is 1.81. The molecular weight excluding hydrogens is 176 g/mol. The molecular formula is C11H12N2O. The minimum absolute atomic E-state index is 0.0584. The summed E-state index contributed by atoms with van der Waals surface area (Å²) in [6.07, 6.45) is 1.59. The van der Waals surface area contributed by atoms with E-state index in [-0.39, 0.29) is 5.88 Å². The first-order valence-corrected chi connectivity index (χ1v) is 4.46. The molecule has 0 unspecified atom stereocenters. The van der Waals surface area contributed by atoms with Gasteiger partial charge in [-0.15, -0.1) is 0 Å². The molecule has 1 N–H and O–H groups in total. The van der Waals surface area contributed by atoms with Crippen LogP contribution in [0.3, 0.4) is 0 Å². The number of hydrogen-bond acceptors (Lipinski definition) is 2. The topological polar surface area (TPSA) is 38.1 Å². The second kappa shape index (κ2) is 3.18. The Morgan fingerprint density at radius 1 is 1.21 bits per heavy atom. The highest BCUT2D eigenvalue weighted by Gasteiger charge is 2.05. The highest BCUT2D eigenvalue weighted by molar-refractivity contribution is 5.56. The van der Waals surface area contributed by atoms with E-state index in [1.54, 1.807) is 10.8 Å². The van der Waals surface area contributed by atoms with Gasteiger partial charge in [-0.2, -0.15) is 4.98 Å². The van der Waals surface area contributed by atoms with Crippen LogP contribution in [0.4, 0.5) is 0 Å². The zero-order valence-electron chi connectivity index (χ0n) is 8.23. The van der Waals surface area contributed by atoms with Crippen LogP contribution in [0.1, 0.15) is 5.56 Å². The fourth-order valence-electron chi connectivity index (χ4n) is 1.42. The Kier molecular flexibility index (Phi) is 2.00. The van der Waals surface area contributed by atoms with Crippen molar-refractivity contribution in [1.82, 2.24) is 9.55 Å². The molecule has 3 nitrogen and oxygen atoms in total. The number of benzene rings is 1. The van der Waals surface area contributed by atoms with Crippen LogP contribution < -0.4 is 0 Å². The summed E-state index contributed by atoms with van der Waals surface area (Å²) in [6, 6.07) is 8.05. The fraction of sp³-hybridized carbons (Fsp3) is 0.182. The Morgan fingerprint density at radius 3 is 2.36 bits per heavy atom. The molecule has 3 heteroatoms. The van der Waals surface area contributed by atoms with E-state index in [0.29, 0.717) is 0 Å². The van der Waals surface area contributed by atoms with Crippen molar-refractivity contribution in [2.24, 2.45) is 7.05 Å². The van der Waals surface area contributed by atoms with E-state index in [1.807, 2.05) is 38.2 Å². The van der Waals surface area contributed by atoms with Crippen molar-refractivity contribution < 1.29 is 5.11 Å². The lowest BCUT2D eigenvalue weighted by molar-refractivity contribution is 0.456. The van der Waals surface area contributed by atoms with E-state index in [0.717, 1.165) is 11.4 Å². The summed E-state index contributed by atoms with van der Waals surface area (Å²) >= 11 is 0. The van der Waals surface area contributed by atoms with Crippen molar-refractivity contribution in [2.45, 2.75) is 6.92 Å². The van der Waals surface area contributed by atoms with Crippen LogP contribution in [0.5, 0.6) is 5.88 Å². The summed E-state index contributed by atoms with van der Waals surface area (Å²) in [5, 5.41) is 9.22. The van der Waals surface area contributed by atoms with Crippen molar-refractivity contribution in [2.75, 3.05) is 0 Å². The maximum atomic E-state index is 9.22. The van der Waals surface area contributed by atoms with E-state index in [1.165, 1.54) is 5.56 Å². The van der Waals surface area contributed by atoms with E-state index >= 15 is 0 Å². The zero-order valence-corrected chi connectivity index (χ0v) is 8.23. The molecule has 0 spiro atoms. The molecule has 1 heterocycles. The molecule has 2 aromatic rings. The molecule has 14 heavy (non-hydrogen) atoms. The standard InChI is InChI=1S/C11H12N2O/c1-8-3-5-9(6-4-8)11-12-10(14)7-13(11)2/h3-7,14H,1-2H3. The molecule has 2 rings (SSSR count). The molecule has 0 bridgehead atoms. The molecule has 0 aliphatic rings. The number of aryl methyl sites for hydroxylation is 2. The number of aromatic nitrogens is 2. The second-order valence-electron chi connectivity index (χ2n) is 3.40. The Morgan fingerprint density at radius 2 is 1.86 bits per heavy atom. The first-order chi connectivity index (χ1) is 6.66. The van der Waals surface area contributed by atoms with Crippen molar-refractivity contribution in [3.63, 3.8) is 0 Å². The van der Waals surface area contributed by atoms with Crippen molar-refractivity contribution in [3.05, 3.63) is 36.0 Å². The van der Waals surface area contributed by atoms with Gasteiger partial charge >= 0.3 is 0 Å². The third-order valence-electron chi connectivity index (χ3n) is 2.17. The van der Waals surface area contributed by atoms with Crippen LogP contribution in [0, 0.1) is 6.92 Å². The van der Waals surface area contributed by atoms with E-state index in [2.05, 4.69) is 4.98 Å². The number of imidazole rings is 1. The average molecular weight is 188 g/mol. The van der Waals surface area contributed by atoms with E-state index in [4.69, 9.17) is 0 Å². The van der Waals surface area contributed by atoms with Crippen LogP contribution in [0.15, 0.2) is 30.5 Å². The molecule has 0 fully saturated rings. The van der Waals surface area contributed by atoms with Gasteiger partial charge in [0.1, 0.15) is 5.82 Å². The third kappa shape index (κ3) is 1.48. The predicted octanol–water partition coefficient (Wildman–Crippen LogP) is 2.10. The second-order valence-corrected chi connectivity index (χ2v) is 3.40. The van der Waals surface area contributed by atoms with Gasteiger partial charge in [-0.25, -0.2) is 0 Å². The van der Waals surface area contributed by atoms with Crippen molar-refractivity contribution in [3.8, 4) is 17.3 Å². The molecule has 0 saturated heterocycles. The number of nitrogens with zero attached hydrogens (tertiary/aromatic N) is 2. The summed E-state index contributed by atoms with van der Waals surface area (Å²) in [6.45, 7) is 2.04. The molecule has 1 aromatic heterocycles. The summed E-state index contributed by atoms with van der Waals surface area (Å²) in [7, 11) is 1.86. The predicted molar refractivity (Wildman–Crippen MR) is 55.0 cm³/mol. The molecule has 0 radical (unpaired) electrons. The zero-order chi connectivity index (χ0) is 10.1. The highest BCUT2D eigenvalue weighted by atomic mass is 16.3. The third-order valence-corrected chi connectivity index (χ3v) is 2.17. The van der Waals surface area contributed by atoms with Crippen LogP contribution in [-0.4, -0.2) is 14.7 Å². The Labute approximate surface area is 82.7 Å². The van der Waals surface area contributed by atoms with Crippen LogP contribution in [0.25, 0.3) is 11.4 Å². The monoisotopic (exact) mass is 188 g/mol. The number of aromatic hydroxyl groups is 1. The summed E-state index contributed by atoms with van der Waals surface area (Å²) in [4.78, 5) is 4.03. The first kappa shape index (κ1) is 8.81. The van der Waals surface area contributed by atoms with Gasteiger partial charge in [-0.3, -0.25) is 0 Å². The van der Waals surface area contributed by atoms with Crippen LogP contribution in [-0.2, 0) is 7.05 Å². The average Bonchev–Trinajstić information content (AvgIpc) is 2.47. The molecule has 0 amide bonds. The largest absolute Gasteiger partial charge is 0.492 e. The normalized spacial score (nSPS) is 10.4. The smallest absolute Gasteiger partial charge is 0.229 e. The number of hydrogen-bond donors (Lipinski definition) is 1. The van der Waals surface area contributed by atoms with E-state index in [9.17, 15) is 5.11 Å². The summed E-state index contributed by atoms with van der Waals surface area (Å²) in [5.74, 6) is 0.838. The molecule has 0 atom stereocenters. The van der Waals surface area contributed by atoms with Gasteiger partial charge in [-0.1, -0.05) is 29.8 Å². The lowest BCUT2D eigenvalue weighted by Gasteiger charge is -2.00. The molecule has 0 saturated carbocycles. The Bertz CT molecular complexity index is 443. The lowest BCUT2D eigenvalue weighted by Crippen LogP contribution is -1.90. The fourth-order valence-corrected chi connectivity index (χ4v) is 1.42. The Hall–Kier alpha value is -1.77. The minimum Gasteiger partial charge on any atom is -0.492 e. The maximum Gasteiger partial charge on any atom is 0.229 e. The van der Waals surface area contributed by atoms with Gasteiger partial charge in [0.05, 0.1) is 6.20 Å².